The molecule has 1 amide bonds. The lowest BCUT2D eigenvalue weighted by Gasteiger charge is -2.07. The maximum Gasteiger partial charge on any atom is 0.234 e. The lowest BCUT2D eigenvalue weighted by Crippen LogP contribution is -2.13. The fourth-order valence-electron chi connectivity index (χ4n) is 1.65. The summed E-state index contributed by atoms with van der Waals surface area (Å²) in [5.74, 6) is 0.896. The Kier molecular flexibility index (Phi) is 5.36. The van der Waals surface area contributed by atoms with Gasteiger partial charge in [-0.1, -0.05) is 11.6 Å². The molecule has 0 atom stereocenters. The van der Waals surface area contributed by atoms with Crippen molar-refractivity contribution in [3.05, 3.63) is 47.5 Å². The van der Waals surface area contributed by atoms with E-state index in [0.29, 0.717) is 10.7 Å². The van der Waals surface area contributed by atoms with Gasteiger partial charge in [-0.25, -0.2) is 0 Å². The van der Waals surface area contributed by atoms with Crippen LogP contribution in [0.5, 0.6) is 5.75 Å². The minimum absolute atomic E-state index is 0.108. The maximum atomic E-state index is 11.9. The first kappa shape index (κ1) is 15.5. The Morgan fingerprint density at radius 3 is 2.67 bits per heavy atom. The topological polar surface area (TPSA) is 64.3 Å². The summed E-state index contributed by atoms with van der Waals surface area (Å²) in [6, 6.07) is 12.4. The molecule has 0 radical (unpaired) electrons. The van der Waals surface area contributed by atoms with Gasteiger partial charge in [-0.15, -0.1) is 11.8 Å². The number of carbonyl (C=O) groups is 1. The van der Waals surface area contributed by atoms with E-state index < -0.39 is 0 Å². The average molecular weight is 323 g/mol. The van der Waals surface area contributed by atoms with Crippen LogP contribution in [0.25, 0.3) is 0 Å². The van der Waals surface area contributed by atoms with Crippen LogP contribution in [-0.2, 0) is 4.79 Å². The molecule has 0 unspecified atom stereocenters. The summed E-state index contributed by atoms with van der Waals surface area (Å²) in [6.07, 6.45) is 0. The molecule has 0 saturated carbocycles. The number of nitrogens with one attached hydrogen (secondary N) is 1. The molecule has 4 nitrogen and oxygen atoms in total. The van der Waals surface area contributed by atoms with E-state index in [-0.39, 0.29) is 11.7 Å². The van der Waals surface area contributed by atoms with E-state index in [2.05, 4.69) is 5.32 Å². The van der Waals surface area contributed by atoms with Crippen LogP contribution in [0.2, 0.25) is 5.02 Å². The zero-order valence-corrected chi connectivity index (χ0v) is 13.0. The van der Waals surface area contributed by atoms with Gasteiger partial charge in [0.25, 0.3) is 0 Å². The summed E-state index contributed by atoms with van der Waals surface area (Å²) < 4.78 is 5.06. The van der Waals surface area contributed by atoms with Gasteiger partial charge in [0.15, 0.2) is 0 Å². The van der Waals surface area contributed by atoms with Crippen LogP contribution >= 0.6 is 23.4 Å². The second-order valence-corrected chi connectivity index (χ2v) is 5.68. The predicted octanol–water partition coefficient (Wildman–Crippen LogP) is 3.66. The average Bonchev–Trinajstić information content (AvgIpc) is 2.49. The monoisotopic (exact) mass is 322 g/mol. The predicted molar refractivity (Wildman–Crippen MR) is 88.2 cm³/mol. The highest BCUT2D eigenvalue weighted by molar-refractivity contribution is 8.00. The molecule has 0 heterocycles. The Hall–Kier alpha value is -1.85. The molecule has 2 rings (SSSR count). The number of anilines is 2. The molecule has 0 aromatic heterocycles. The summed E-state index contributed by atoms with van der Waals surface area (Å²) in [5.41, 5.74) is 7.05. The normalized spacial score (nSPS) is 10.2. The standard InChI is InChI=1S/C15H15ClN2O2S/c1-20-12-5-3-11(4-6-12)18-15(19)9-21-14-8-10(17)2-7-13(14)16/h2-8H,9,17H2,1H3,(H,18,19). The second-order valence-electron chi connectivity index (χ2n) is 4.26. The number of amides is 1. The second kappa shape index (κ2) is 7.24. The van der Waals surface area contributed by atoms with Crippen LogP contribution in [0, 0.1) is 0 Å². The number of rotatable bonds is 5. The summed E-state index contributed by atoms with van der Waals surface area (Å²) in [6.45, 7) is 0. The maximum absolute atomic E-state index is 11.9. The van der Waals surface area contributed by atoms with Crippen molar-refractivity contribution in [2.75, 3.05) is 23.9 Å². The van der Waals surface area contributed by atoms with E-state index >= 15 is 0 Å². The minimum atomic E-state index is -0.108. The number of ether oxygens (including phenoxy) is 1. The van der Waals surface area contributed by atoms with Crippen molar-refractivity contribution in [1.29, 1.82) is 0 Å². The van der Waals surface area contributed by atoms with Crippen molar-refractivity contribution < 1.29 is 9.53 Å². The number of nitrogen functional groups attached to an aromatic ring is 1. The summed E-state index contributed by atoms with van der Waals surface area (Å²) in [4.78, 5) is 12.7. The van der Waals surface area contributed by atoms with Gasteiger partial charge in [0.05, 0.1) is 17.9 Å². The molecule has 0 spiro atoms. The number of hydrogen-bond acceptors (Lipinski definition) is 4. The molecule has 0 aliphatic carbocycles. The molecule has 6 heteroatoms. The van der Waals surface area contributed by atoms with Gasteiger partial charge in [-0.2, -0.15) is 0 Å². The van der Waals surface area contributed by atoms with Crippen LogP contribution < -0.4 is 15.8 Å². The quantitative estimate of drug-likeness (QED) is 0.651. The highest BCUT2D eigenvalue weighted by atomic mass is 35.5. The minimum Gasteiger partial charge on any atom is -0.497 e. The van der Waals surface area contributed by atoms with Crippen molar-refractivity contribution in [1.82, 2.24) is 0 Å². The molecule has 0 fully saturated rings. The van der Waals surface area contributed by atoms with Gasteiger partial charge in [-0.3, -0.25) is 4.79 Å². The van der Waals surface area contributed by atoms with E-state index in [4.69, 9.17) is 22.1 Å². The molecule has 21 heavy (non-hydrogen) atoms. The SMILES string of the molecule is COc1ccc(NC(=O)CSc2cc(N)ccc2Cl)cc1. The molecule has 110 valence electrons. The van der Waals surface area contributed by atoms with Crippen molar-refractivity contribution in [3.8, 4) is 5.75 Å². The molecule has 2 aromatic rings. The molecule has 0 aliphatic rings. The fourth-order valence-corrected chi connectivity index (χ4v) is 2.71. The largest absolute Gasteiger partial charge is 0.497 e. The Morgan fingerprint density at radius 2 is 2.00 bits per heavy atom. The zero-order chi connectivity index (χ0) is 15.2. The molecule has 0 saturated heterocycles. The summed E-state index contributed by atoms with van der Waals surface area (Å²) in [5, 5.41) is 3.40. The molecule has 0 aliphatic heterocycles. The first-order valence-electron chi connectivity index (χ1n) is 6.20. The van der Waals surface area contributed by atoms with E-state index in [9.17, 15) is 4.79 Å². The van der Waals surface area contributed by atoms with Crippen LogP contribution in [0.3, 0.4) is 0 Å². The molecule has 3 N–H and O–H groups in total. The number of thioether (sulfide) groups is 1. The van der Waals surface area contributed by atoms with Crippen LogP contribution in [0.1, 0.15) is 0 Å². The lowest BCUT2D eigenvalue weighted by atomic mass is 10.3. The van der Waals surface area contributed by atoms with Crippen molar-refractivity contribution in [2.24, 2.45) is 0 Å². The number of hydrogen-bond donors (Lipinski definition) is 2. The van der Waals surface area contributed by atoms with E-state index in [1.807, 2.05) is 0 Å². The third-order valence-corrected chi connectivity index (χ3v) is 4.18. The third kappa shape index (κ3) is 4.58. The van der Waals surface area contributed by atoms with Crippen molar-refractivity contribution in [3.63, 3.8) is 0 Å². The lowest BCUT2D eigenvalue weighted by molar-refractivity contribution is -0.113. The van der Waals surface area contributed by atoms with Gasteiger partial charge in [-0.05, 0) is 42.5 Å². The van der Waals surface area contributed by atoms with Crippen molar-refractivity contribution >= 4 is 40.6 Å². The molecular formula is C15H15ClN2O2S. The molecular weight excluding hydrogens is 308 g/mol. The number of methoxy groups -OCH3 is 1. The highest BCUT2D eigenvalue weighted by Crippen LogP contribution is 2.29. The Labute approximate surface area is 132 Å². The van der Waals surface area contributed by atoms with Crippen LogP contribution in [0.4, 0.5) is 11.4 Å². The van der Waals surface area contributed by atoms with Gasteiger partial charge in [0.1, 0.15) is 5.75 Å². The van der Waals surface area contributed by atoms with E-state index in [1.54, 1.807) is 49.6 Å². The van der Waals surface area contributed by atoms with Gasteiger partial charge in [0, 0.05) is 16.3 Å². The zero-order valence-electron chi connectivity index (χ0n) is 11.4. The fraction of sp³-hybridized carbons (Fsp3) is 0.133. The van der Waals surface area contributed by atoms with Crippen LogP contribution in [0.15, 0.2) is 47.4 Å². The van der Waals surface area contributed by atoms with Gasteiger partial charge in [0.2, 0.25) is 5.91 Å². The van der Waals surface area contributed by atoms with E-state index in [0.717, 1.165) is 16.3 Å². The van der Waals surface area contributed by atoms with Gasteiger partial charge >= 0.3 is 0 Å². The Balaban J connectivity index is 1.91. The highest BCUT2D eigenvalue weighted by Gasteiger charge is 2.07. The summed E-state index contributed by atoms with van der Waals surface area (Å²) >= 11 is 7.40. The Morgan fingerprint density at radius 1 is 1.29 bits per heavy atom. The Bertz CT molecular complexity index is 632. The smallest absolute Gasteiger partial charge is 0.234 e. The van der Waals surface area contributed by atoms with Crippen LogP contribution in [-0.4, -0.2) is 18.8 Å². The van der Waals surface area contributed by atoms with E-state index in [1.165, 1.54) is 11.8 Å². The summed E-state index contributed by atoms with van der Waals surface area (Å²) in [7, 11) is 1.60. The van der Waals surface area contributed by atoms with Gasteiger partial charge < -0.3 is 15.8 Å². The molecule has 2 aromatic carbocycles. The molecule has 0 bridgehead atoms. The number of benzene rings is 2. The van der Waals surface area contributed by atoms with Crippen molar-refractivity contribution in [2.45, 2.75) is 4.90 Å². The number of carbonyl (C=O) groups excluding carboxylic acids is 1. The number of nitrogens with two attached hydrogens (primary N) is 1. The first-order valence-corrected chi connectivity index (χ1v) is 7.56. The first-order chi connectivity index (χ1) is 10.1. The third-order valence-electron chi connectivity index (χ3n) is 2.69. The number of halogens is 1.